The Balaban J connectivity index is 1.85. The summed E-state index contributed by atoms with van der Waals surface area (Å²) in [6.45, 7) is 3.14. The minimum Gasteiger partial charge on any atom is -0.480 e. The van der Waals surface area contributed by atoms with Gasteiger partial charge in [0.05, 0.1) is 0 Å². The van der Waals surface area contributed by atoms with Crippen LogP contribution in [0.3, 0.4) is 0 Å². The molecule has 0 spiro atoms. The second kappa shape index (κ2) is 5.36. The molecular weight excluding hydrogens is 216 g/mol. The first-order valence-electron chi connectivity index (χ1n) is 6.79. The molecule has 4 heteroatoms. The third-order valence-corrected chi connectivity index (χ3v) is 4.32. The summed E-state index contributed by atoms with van der Waals surface area (Å²) in [6, 6.07) is 0. The summed E-state index contributed by atoms with van der Waals surface area (Å²) in [6.07, 6.45) is 6.15. The molecule has 0 radical (unpaired) electrons. The Labute approximate surface area is 103 Å². The van der Waals surface area contributed by atoms with Gasteiger partial charge in [-0.2, -0.15) is 0 Å². The number of aliphatic carboxylic acids is 1. The number of carbonyl (C=O) groups is 1. The Morgan fingerprint density at radius 2 is 2.12 bits per heavy atom. The molecule has 2 rings (SSSR count). The third kappa shape index (κ3) is 2.99. The summed E-state index contributed by atoms with van der Waals surface area (Å²) in [5.41, 5.74) is -0.615. The molecule has 2 fully saturated rings. The highest BCUT2D eigenvalue weighted by Crippen LogP contribution is 2.30. The Hall–Kier alpha value is -0.610. The maximum Gasteiger partial charge on any atom is 0.323 e. The fraction of sp³-hybridized carbons (Fsp3) is 0.923. The van der Waals surface area contributed by atoms with Crippen LogP contribution in [0.5, 0.6) is 0 Å². The zero-order chi connectivity index (χ0) is 12.3. The minimum atomic E-state index is -0.654. The predicted molar refractivity (Wildman–Crippen MR) is 67.1 cm³/mol. The maximum absolute atomic E-state index is 11.4. The fourth-order valence-corrected chi connectivity index (χ4v) is 3.22. The van der Waals surface area contributed by atoms with Crippen molar-refractivity contribution in [3.05, 3.63) is 0 Å². The molecule has 1 aliphatic heterocycles. The van der Waals surface area contributed by atoms with E-state index in [1.807, 2.05) is 0 Å². The van der Waals surface area contributed by atoms with Crippen molar-refractivity contribution in [3.8, 4) is 0 Å². The Bertz CT molecular complexity index is 275. The van der Waals surface area contributed by atoms with Crippen LogP contribution in [-0.4, -0.2) is 48.2 Å². The third-order valence-electron chi connectivity index (χ3n) is 4.32. The molecule has 17 heavy (non-hydrogen) atoms. The van der Waals surface area contributed by atoms with Crippen LogP contribution in [0, 0.1) is 5.92 Å². The zero-order valence-corrected chi connectivity index (χ0v) is 10.7. The topological polar surface area (TPSA) is 52.6 Å². The quantitative estimate of drug-likeness (QED) is 0.778. The van der Waals surface area contributed by atoms with E-state index < -0.39 is 11.5 Å². The zero-order valence-electron chi connectivity index (χ0n) is 10.7. The van der Waals surface area contributed by atoms with Crippen molar-refractivity contribution >= 4 is 5.97 Å². The average Bonchev–Trinajstić information content (AvgIpc) is 2.76. The number of likely N-dealkylation sites (tertiary alicyclic amines) is 1. The van der Waals surface area contributed by atoms with Crippen molar-refractivity contribution in [2.24, 2.45) is 5.92 Å². The van der Waals surface area contributed by atoms with Crippen LogP contribution in [0.15, 0.2) is 0 Å². The Morgan fingerprint density at radius 1 is 1.41 bits per heavy atom. The highest BCUT2D eigenvalue weighted by Gasteiger charge is 2.41. The molecule has 2 aliphatic rings. The van der Waals surface area contributed by atoms with Gasteiger partial charge in [0.2, 0.25) is 0 Å². The van der Waals surface area contributed by atoms with E-state index in [0.717, 1.165) is 38.8 Å². The molecule has 1 aliphatic carbocycles. The van der Waals surface area contributed by atoms with Crippen LogP contribution in [0.2, 0.25) is 0 Å². The number of hydrogen-bond donors (Lipinski definition) is 2. The van der Waals surface area contributed by atoms with E-state index in [9.17, 15) is 9.90 Å². The van der Waals surface area contributed by atoms with Crippen molar-refractivity contribution in [2.75, 3.05) is 26.7 Å². The molecule has 0 aromatic heterocycles. The highest BCUT2D eigenvalue weighted by atomic mass is 16.4. The second-order valence-electron chi connectivity index (χ2n) is 5.75. The van der Waals surface area contributed by atoms with Gasteiger partial charge in [0.25, 0.3) is 0 Å². The van der Waals surface area contributed by atoms with Crippen molar-refractivity contribution in [2.45, 2.75) is 44.1 Å². The van der Waals surface area contributed by atoms with E-state index in [4.69, 9.17) is 0 Å². The summed E-state index contributed by atoms with van der Waals surface area (Å²) in [5, 5.41) is 12.7. The van der Waals surface area contributed by atoms with E-state index in [1.54, 1.807) is 0 Å². The van der Waals surface area contributed by atoms with Crippen LogP contribution in [0.4, 0.5) is 0 Å². The normalized spacial score (nSPS) is 29.4. The molecule has 4 nitrogen and oxygen atoms in total. The van der Waals surface area contributed by atoms with Gasteiger partial charge >= 0.3 is 5.97 Å². The number of hydrogen-bond acceptors (Lipinski definition) is 3. The van der Waals surface area contributed by atoms with Crippen molar-refractivity contribution < 1.29 is 9.90 Å². The number of rotatable bonds is 4. The van der Waals surface area contributed by atoms with Crippen molar-refractivity contribution in [1.29, 1.82) is 0 Å². The fourth-order valence-electron chi connectivity index (χ4n) is 3.22. The lowest BCUT2D eigenvalue weighted by Crippen LogP contribution is -2.52. The van der Waals surface area contributed by atoms with Gasteiger partial charge in [0.15, 0.2) is 0 Å². The molecular formula is C13H24N2O2. The summed E-state index contributed by atoms with van der Waals surface area (Å²) in [5.74, 6) is -0.0373. The summed E-state index contributed by atoms with van der Waals surface area (Å²) < 4.78 is 0. The maximum atomic E-state index is 11.4. The van der Waals surface area contributed by atoms with Crippen LogP contribution < -0.4 is 5.32 Å². The molecule has 0 bridgehead atoms. The minimum absolute atomic E-state index is 0.615. The van der Waals surface area contributed by atoms with Crippen LogP contribution in [-0.2, 0) is 4.79 Å². The summed E-state index contributed by atoms with van der Waals surface area (Å²) >= 11 is 0. The van der Waals surface area contributed by atoms with Crippen LogP contribution >= 0.6 is 0 Å². The first-order valence-corrected chi connectivity index (χ1v) is 6.79. The molecule has 98 valence electrons. The van der Waals surface area contributed by atoms with Gasteiger partial charge in [-0.05, 0) is 45.2 Å². The summed E-state index contributed by atoms with van der Waals surface area (Å²) in [4.78, 5) is 13.7. The molecule has 0 amide bonds. The van der Waals surface area contributed by atoms with Gasteiger partial charge in [-0.1, -0.05) is 12.8 Å². The van der Waals surface area contributed by atoms with E-state index in [1.165, 1.54) is 19.4 Å². The molecule has 1 heterocycles. The highest BCUT2D eigenvalue weighted by molar-refractivity contribution is 5.79. The first kappa shape index (κ1) is 12.8. The standard InChI is InChI=1S/C13H24N2O2/c1-15-8-4-5-11(10-15)9-14-13(12(16)17)6-2-3-7-13/h11,14H,2-10H2,1H3,(H,16,17). The van der Waals surface area contributed by atoms with Gasteiger partial charge in [-0.15, -0.1) is 0 Å². The molecule has 2 N–H and O–H groups in total. The van der Waals surface area contributed by atoms with Gasteiger partial charge in [0, 0.05) is 13.1 Å². The second-order valence-corrected chi connectivity index (χ2v) is 5.75. The molecule has 1 unspecified atom stereocenters. The molecule has 1 atom stereocenters. The Kier molecular flexibility index (Phi) is 4.05. The largest absolute Gasteiger partial charge is 0.480 e. The molecule has 0 aromatic carbocycles. The first-order chi connectivity index (χ1) is 8.12. The average molecular weight is 240 g/mol. The van der Waals surface area contributed by atoms with E-state index >= 15 is 0 Å². The molecule has 1 saturated carbocycles. The smallest absolute Gasteiger partial charge is 0.323 e. The Morgan fingerprint density at radius 3 is 2.71 bits per heavy atom. The van der Waals surface area contributed by atoms with Gasteiger partial charge in [-0.25, -0.2) is 0 Å². The summed E-state index contributed by atoms with van der Waals surface area (Å²) in [7, 11) is 2.15. The van der Waals surface area contributed by atoms with Crippen molar-refractivity contribution in [3.63, 3.8) is 0 Å². The van der Waals surface area contributed by atoms with E-state index in [-0.39, 0.29) is 0 Å². The SMILES string of the molecule is CN1CCCC(CNC2(C(=O)O)CCCC2)C1. The van der Waals surface area contributed by atoms with Crippen LogP contribution in [0.25, 0.3) is 0 Å². The van der Waals surface area contributed by atoms with Gasteiger partial charge in [0.1, 0.15) is 5.54 Å². The predicted octanol–water partition coefficient (Wildman–Crippen LogP) is 1.32. The van der Waals surface area contributed by atoms with Gasteiger partial charge in [-0.3, -0.25) is 4.79 Å². The van der Waals surface area contributed by atoms with Gasteiger partial charge < -0.3 is 15.3 Å². The number of piperidine rings is 1. The molecule has 0 aromatic rings. The lowest BCUT2D eigenvalue weighted by molar-refractivity contribution is -0.144. The van der Waals surface area contributed by atoms with E-state index in [2.05, 4.69) is 17.3 Å². The lowest BCUT2D eigenvalue weighted by Gasteiger charge is -2.33. The lowest BCUT2D eigenvalue weighted by atomic mass is 9.94. The van der Waals surface area contributed by atoms with Crippen LogP contribution in [0.1, 0.15) is 38.5 Å². The molecule has 1 saturated heterocycles. The van der Waals surface area contributed by atoms with E-state index in [0.29, 0.717) is 5.92 Å². The number of nitrogens with one attached hydrogen (secondary N) is 1. The number of carboxylic acids is 1. The van der Waals surface area contributed by atoms with Crippen molar-refractivity contribution in [1.82, 2.24) is 10.2 Å². The monoisotopic (exact) mass is 240 g/mol. The number of carboxylic acid groups (broad SMARTS) is 1. The number of nitrogens with zero attached hydrogens (tertiary/aromatic N) is 1.